The molecule has 0 aromatic carbocycles. The Morgan fingerprint density at radius 3 is 2.71 bits per heavy atom. The van der Waals surface area contributed by atoms with E-state index in [1.165, 1.54) is 0 Å². The Labute approximate surface area is 181 Å². The van der Waals surface area contributed by atoms with Crippen LogP contribution in [0.5, 0.6) is 0 Å². The molecule has 2 aromatic rings. The first-order chi connectivity index (χ1) is 15.0. The zero-order valence-electron chi connectivity index (χ0n) is 17.9. The van der Waals surface area contributed by atoms with Crippen molar-refractivity contribution in [3.63, 3.8) is 0 Å². The molecule has 2 aliphatic heterocycles. The van der Waals surface area contributed by atoms with Gasteiger partial charge in [-0.3, -0.25) is 9.59 Å². The van der Waals surface area contributed by atoms with E-state index in [1.807, 2.05) is 24.1 Å². The molecule has 2 aromatic heterocycles. The molecule has 1 N–H and O–H groups in total. The zero-order chi connectivity index (χ0) is 21.8. The van der Waals surface area contributed by atoms with Crippen LogP contribution in [-0.2, 0) is 9.59 Å². The van der Waals surface area contributed by atoms with Gasteiger partial charge >= 0.3 is 5.97 Å². The highest BCUT2D eigenvalue weighted by molar-refractivity contribution is 5.77. The van der Waals surface area contributed by atoms with Crippen molar-refractivity contribution < 1.29 is 19.2 Å². The molecular formula is C22H29N5O4. The van der Waals surface area contributed by atoms with E-state index in [0.29, 0.717) is 25.3 Å². The summed E-state index contributed by atoms with van der Waals surface area (Å²) >= 11 is 0. The number of nitrogens with zero attached hydrogens (tertiary/aromatic N) is 5. The van der Waals surface area contributed by atoms with Gasteiger partial charge in [0.05, 0.1) is 17.0 Å². The maximum atomic E-state index is 12.7. The van der Waals surface area contributed by atoms with Gasteiger partial charge in [0.15, 0.2) is 5.76 Å². The lowest BCUT2D eigenvalue weighted by Crippen LogP contribution is -2.39. The fourth-order valence-corrected chi connectivity index (χ4v) is 4.42. The van der Waals surface area contributed by atoms with Crippen LogP contribution in [0.3, 0.4) is 0 Å². The first-order valence-corrected chi connectivity index (χ1v) is 11.1. The highest BCUT2D eigenvalue weighted by Crippen LogP contribution is 2.35. The van der Waals surface area contributed by atoms with Gasteiger partial charge in [-0.25, -0.2) is 9.97 Å². The standard InChI is InChI=1S/C22H29N5O4/c1-15-12-18(31-25-15)17-13-23-22(26-9-2-3-10-26)24-21(17)16-6-5-11-27(14-16)19(28)7-4-8-20(29)30/h12-13,16H,2-11,14H2,1H3,(H,29,30). The number of hydrogen-bond donors (Lipinski definition) is 1. The summed E-state index contributed by atoms with van der Waals surface area (Å²) < 4.78 is 5.52. The molecule has 0 radical (unpaired) electrons. The summed E-state index contributed by atoms with van der Waals surface area (Å²) in [4.78, 5) is 37.0. The van der Waals surface area contributed by atoms with Crippen LogP contribution in [0.1, 0.15) is 62.3 Å². The highest BCUT2D eigenvalue weighted by Gasteiger charge is 2.29. The fourth-order valence-electron chi connectivity index (χ4n) is 4.42. The summed E-state index contributed by atoms with van der Waals surface area (Å²) in [5.74, 6) is 0.591. The van der Waals surface area contributed by atoms with Gasteiger partial charge in [-0.1, -0.05) is 5.16 Å². The van der Waals surface area contributed by atoms with Crippen molar-refractivity contribution in [1.29, 1.82) is 0 Å². The number of aromatic nitrogens is 3. The van der Waals surface area contributed by atoms with Crippen LogP contribution >= 0.6 is 0 Å². The molecule has 0 bridgehead atoms. The normalized spacial score (nSPS) is 19.1. The van der Waals surface area contributed by atoms with Crippen molar-refractivity contribution in [1.82, 2.24) is 20.0 Å². The van der Waals surface area contributed by atoms with Crippen molar-refractivity contribution in [3.05, 3.63) is 23.7 Å². The number of carbonyl (C=O) groups excluding carboxylic acids is 1. The minimum absolute atomic E-state index is 0.0110. The Morgan fingerprint density at radius 1 is 1.19 bits per heavy atom. The lowest BCUT2D eigenvalue weighted by atomic mass is 9.91. The number of hydrogen-bond acceptors (Lipinski definition) is 7. The van der Waals surface area contributed by atoms with Crippen LogP contribution in [0.2, 0.25) is 0 Å². The minimum Gasteiger partial charge on any atom is -0.481 e. The van der Waals surface area contributed by atoms with Gasteiger partial charge in [-0.2, -0.15) is 0 Å². The van der Waals surface area contributed by atoms with E-state index in [-0.39, 0.29) is 24.7 Å². The summed E-state index contributed by atoms with van der Waals surface area (Å²) in [7, 11) is 0. The number of amides is 1. The van der Waals surface area contributed by atoms with Gasteiger partial charge < -0.3 is 19.4 Å². The fraction of sp³-hybridized carbons (Fsp3) is 0.591. The summed E-state index contributed by atoms with van der Waals surface area (Å²) in [5, 5.41) is 12.8. The average molecular weight is 428 g/mol. The third-order valence-corrected chi connectivity index (χ3v) is 6.03. The molecule has 4 heterocycles. The van der Waals surface area contributed by atoms with Gasteiger partial charge in [0.1, 0.15) is 0 Å². The van der Waals surface area contributed by atoms with Crippen LogP contribution in [0, 0.1) is 6.92 Å². The number of carboxylic acid groups (broad SMARTS) is 1. The predicted molar refractivity (Wildman–Crippen MR) is 114 cm³/mol. The van der Waals surface area contributed by atoms with E-state index in [9.17, 15) is 9.59 Å². The third-order valence-electron chi connectivity index (χ3n) is 6.03. The molecule has 0 aliphatic carbocycles. The van der Waals surface area contributed by atoms with Gasteiger partial charge in [-0.05, 0) is 39.0 Å². The van der Waals surface area contributed by atoms with Crippen molar-refractivity contribution in [3.8, 4) is 11.3 Å². The molecule has 1 amide bonds. The summed E-state index contributed by atoms with van der Waals surface area (Å²) in [6.45, 7) is 5.06. The third kappa shape index (κ3) is 5.03. The molecule has 31 heavy (non-hydrogen) atoms. The molecule has 0 spiro atoms. The minimum atomic E-state index is -0.869. The van der Waals surface area contributed by atoms with Gasteiger partial charge in [0.25, 0.3) is 0 Å². The monoisotopic (exact) mass is 427 g/mol. The van der Waals surface area contributed by atoms with Crippen LogP contribution in [0.25, 0.3) is 11.3 Å². The second kappa shape index (κ2) is 9.45. The first kappa shape index (κ1) is 21.3. The average Bonchev–Trinajstić information content (AvgIpc) is 3.45. The molecule has 1 unspecified atom stereocenters. The van der Waals surface area contributed by atoms with Crippen molar-refractivity contribution in [2.75, 3.05) is 31.1 Å². The van der Waals surface area contributed by atoms with Crippen molar-refractivity contribution >= 4 is 17.8 Å². The summed E-state index contributed by atoms with van der Waals surface area (Å²) in [5.41, 5.74) is 2.52. The maximum Gasteiger partial charge on any atom is 0.303 e. The topological polar surface area (TPSA) is 113 Å². The lowest BCUT2D eigenvalue weighted by Gasteiger charge is -2.33. The van der Waals surface area contributed by atoms with E-state index in [2.05, 4.69) is 15.0 Å². The van der Waals surface area contributed by atoms with E-state index in [0.717, 1.165) is 61.7 Å². The van der Waals surface area contributed by atoms with Gasteiger partial charge in [-0.15, -0.1) is 0 Å². The molecule has 4 rings (SSSR count). The van der Waals surface area contributed by atoms with Gasteiger partial charge in [0.2, 0.25) is 11.9 Å². The molecule has 9 heteroatoms. The Balaban J connectivity index is 1.57. The number of aryl methyl sites for hydroxylation is 1. The molecular weight excluding hydrogens is 398 g/mol. The molecule has 9 nitrogen and oxygen atoms in total. The van der Waals surface area contributed by atoms with E-state index in [4.69, 9.17) is 14.6 Å². The quantitative estimate of drug-likeness (QED) is 0.717. The van der Waals surface area contributed by atoms with Crippen LogP contribution in [0.15, 0.2) is 16.8 Å². The lowest BCUT2D eigenvalue weighted by molar-refractivity contribution is -0.137. The maximum absolute atomic E-state index is 12.7. The molecule has 0 saturated carbocycles. The zero-order valence-corrected chi connectivity index (χ0v) is 17.9. The second-order valence-corrected chi connectivity index (χ2v) is 8.42. The highest BCUT2D eigenvalue weighted by atomic mass is 16.5. The largest absolute Gasteiger partial charge is 0.481 e. The Hall–Kier alpha value is -2.97. The summed E-state index contributed by atoms with van der Waals surface area (Å²) in [6, 6.07) is 1.88. The number of anilines is 1. The van der Waals surface area contributed by atoms with Crippen LogP contribution < -0.4 is 4.90 Å². The first-order valence-electron chi connectivity index (χ1n) is 11.1. The number of carboxylic acids is 1. The SMILES string of the molecule is Cc1cc(-c2cnc(N3CCCC3)nc2C2CCCN(C(=O)CCCC(=O)O)C2)on1. The number of piperidine rings is 1. The van der Waals surface area contributed by atoms with E-state index < -0.39 is 5.97 Å². The smallest absolute Gasteiger partial charge is 0.303 e. The summed E-state index contributed by atoms with van der Waals surface area (Å²) in [6.07, 6.45) is 6.56. The van der Waals surface area contributed by atoms with E-state index in [1.54, 1.807) is 0 Å². The number of carbonyl (C=O) groups is 2. The number of rotatable bonds is 7. The molecule has 2 saturated heterocycles. The van der Waals surface area contributed by atoms with Crippen LogP contribution in [-0.4, -0.2) is 63.2 Å². The van der Waals surface area contributed by atoms with Crippen LogP contribution in [0.4, 0.5) is 5.95 Å². The molecule has 2 fully saturated rings. The molecule has 166 valence electrons. The molecule has 1 atom stereocenters. The van der Waals surface area contributed by atoms with Crippen molar-refractivity contribution in [2.45, 2.75) is 57.8 Å². The van der Waals surface area contributed by atoms with E-state index >= 15 is 0 Å². The Kier molecular flexibility index (Phi) is 6.48. The molecule has 2 aliphatic rings. The number of aliphatic carboxylic acids is 1. The predicted octanol–water partition coefficient (Wildman–Crippen LogP) is 3.00. The Bertz CT molecular complexity index is 938. The Morgan fingerprint density at radius 2 is 2.00 bits per heavy atom. The van der Waals surface area contributed by atoms with Crippen molar-refractivity contribution in [2.24, 2.45) is 0 Å². The van der Waals surface area contributed by atoms with Gasteiger partial charge in [0, 0.05) is 57.2 Å². The second-order valence-electron chi connectivity index (χ2n) is 8.42. The number of likely N-dealkylation sites (tertiary alicyclic amines) is 1.